The van der Waals surface area contributed by atoms with Crippen molar-refractivity contribution in [3.05, 3.63) is 69.1 Å². The Morgan fingerprint density at radius 2 is 1.97 bits per heavy atom. The number of nitro benzene ring substituents is 1. The number of hydrogen-bond donors (Lipinski definition) is 1. The fraction of sp³-hybridized carbons (Fsp3) is 0.400. The number of amides is 1. The van der Waals surface area contributed by atoms with Crippen LogP contribution in [0.15, 0.2) is 47.8 Å². The van der Waals surface area contributed by atoms with E-state index in [9.17, 15) is 14.9 Å². The fourth-order valence-electron chi connectivity index (χ4n) is 5.26. The molecule has 2 unspecified atom stereocenters. The number of rotatable bonds is 4. The summed E-state index contributed by atoms with van der Waals surface area (Å²) in [6, 6.07) is 12.6. The van der Waals surface area contributed by atoms with Gasteiger partial charge in [0.1, 0.15) is 0 Å². The molecule has 6 nitrogen and oxygen atoms in total. The van der Waals surface area contributed by atoms with Gasteiger partial charge in [-0.1, -0.05) is 12.5 Å². The van der Waals surface area contributed by atoms with Gasteiger partial charge in [-0.25, -0.2) is 0 Å². The molecule has 0 aliphatic carbocycles. The molecule has 1 aromatic heterocycles. The smallest absolute Gasteiger partial charge is 0.270 e. The van der Waals surface area contributed by atoms with Crippen molar-refractivity contribution < 1.29 is 9.72 Å². The van der Waals surface area contributed by atoms with Crippen molar-refractivity contribution in [2.75, 3.05) is 18.4 Å². The normalized spacial score (nSPS) is 21.6. The summed E-state index contributed by atoms with van der Waals surface area (Å²) in [7, 11) is 0. The van der Waals surface area contributed by atoms with E-state index in [0.717, 1.165) is 11.7 Å². The van der Waals surface area contributed by atoms with E-state index in [1.165, 1.54) is 85.5 Å². The van der Waals surface area contributed by atoms with Gasteiger partial charge >= 0.3 is 0 Å². The molecule has 2 atom stereocenters. The molecule has 3 heterocycles. The minimum absolute atomic E-state index is 0.0853. The van der Waals surface area contributed by atoms with E-state index in [0.29, 0.717) is 5.92 Å². The lowest BCUT2D eigenvalue weighted by Gasteiger charge is -2.33. The molecule has 0 saturated carbocycles. The van der Waals surface area contributed by atoms with Crippen molar-refractivity contribution in [1.29, 1.82) is 0 Å². The monoisotopic (exact) mass is 449 g/mol. The molecule has 2 fully saturated rings. The number of carbonyl (C=O) groups excluding carboxylic acids is 1. The Labute approximate surface area is 191 Å². The first-order chi connectivity index (χ1) is 15.6. The van der Waals surface area contributed by atoms with Crippen LogP contribution in [0.2, 0.25) is 0 Å². The highest BCUT2D eigenvalue weighted by atomic mass is 32.1. The maximum atomic E-state index is 12.7. The average molecular weight is 450 g/mol. The molecule has 0 radical (unpaired) electrons. The molecule has 7 heteroatoms. The van der Waals surface area contributed by atoms with Gasteiger partial charge in [0.2, 0.25) is 0 Å². The highest BCUT2D eigenvalue weighted by molar-refractivity contribution is 7.17. The van der Waals surface area contributed by atoms with Crippen molar-refractivity contribution in [2.45, 2.75) is 50.5 Å². The first-order valence-corrected chi connectivity index (χ1v) is 12.3. The zero-order valence-electron chi connectivity index (χ0n) is 18.0. The molecule has 5 rings (SSSR count). The van der Waals surface area contributed by atoms with Gasteiger partial charge in [0, 0.05) is 34.1 Å². The number of nitrogens with one attached hydrogen (secondary N) is 1. The molecular formula is C25H27N3O3S. The van der Waals surface area contributed by atoms with Crippen LogP contribution in [0.1, 0.15) is 60.4 Å². The lowest BCUT2D eigenvalue weighted by atomic mass is 9.90. The van der Waals surface area contributed by atoms with E-state index in [1.807, 2.05) is 6.07 Å². The number of piperidine rings is 1. The summed E-state index contributed by atoms with van der Waals surface area (Å²) < 4.78 is 1.23. The Morgan fingerprint density at radius 3 is 2.84 bits per heavy atom. The Hall–Kier alpha value is -2.77. The van der Waals surface area contributed by atoms with Crippen LogP contribution in [0.3, 0.4) is 0 Å². The Kier molecular flexibility index (Phi) is 5.93. The Bertz CT molecular complexity index is 1140. The Balaban J connectivity index is 1.36. The van der Waals surface area contributed by atoms with Crippen LogP contribution in [0.4, 0.5) is 11.4 Å². The van der Waals surface area contributed by atoms with E-state index in [2.05, 4.69) is 27.7 Å². The largest absolute Gasteiger partial charge is 0.322 e. The summed E-state index contributed by atoms with van der Waals surface area (Å²) in [4.78, 5) is 25.9. The van der Waals surface area contributed by atoms with Gasteiger partial charge < -0.3 is 10.2 Å². The summed E-state index contributed by atoms with van der Waals surface area (Å²) >= 11 is 1.77. The zero-order chi connectivity index (χ0) is 22.1. The second-order valence-electron chi connectivity index (χ2n) is 8.91. The van der Waals surface area contributed by atoms with Gasteiger partial charge in [-0.3, -0.25) is 14.9 Å². The van der Waals surface area contributed by atoms with Gasteiger partial charge in [-0.2, -0.15) is 0 Å². The van der Waals surface area contributed by atoms with Crippen molar-refractivity contribution in [1.82, 2.24) is 4.90 Å². The maximum Gasteiger partial charge on any atom is 0.270 e. The molecule has 1 amide bonds. The number of carbonyl (C=O) groups is 1. The molecule has 32 heavy (non-hydrogen) atoms. The zero-order valence-corrected chi connectivity index (χ0v) is 18.8. The topological polar surface area (TPSA) is 75.5 Å². The molecule has 1 N–H and O–H groups in total. The summed E-state index contributed by atoms with van der Waals surface area (Å²) in [6.45, 7) is 2.42. The highest BCUT2D eigenvalue weighted by Gasteiger charge is 2.28. The van der Waals surface area contributed by atoms with Gasteiger partial charge in [0.25, 0.3) is 11.6 Å². The second-order valence-corrected chi connectivity index (χ2v) is 9.82. The lowest BCUT2D eigenvalue weighted by molar-refractivity contribution is -0.384. The van der Waals surface area contributed by atoms with E-state index in [4.69, 9.17) is 0 Å². The molecule has 166 valence electrons. The van der Waals surface area contributed by atoms with Crippen molar-refractivity contribution >= 4 is 38.7 Å². The van der Waals surface area contributed by atoms with E-state index < -0.39 is 4.92 Å². The molecule has 2 aliphatic rings. The molecule has 2 aliphatic heterocycles. The molecule has 3 aromatic rings. The number of nitro groups is 1. The number of benzene rings is 2. The van der Waals surface area contributed by atoms with Crippen LogP contribution in [0.5, 0.6) is 0 Å². The van der Waals surface area contributed by atoms with Crippen LogP contribution < -0.4 is 5.32 Å². The third-order valence-corrected chi connectivity index (χ3v) is 7.96. The fourth-order valence-corrected chi connectivity index (χ4v) is 6.28. The Morgan fingerprint density at radius 1 is 1.06 bits per heavy atom. The van der Waals surface area contributed by atoms with E-state index in [1.54, 1.807) is 17.4 Å². The van der Waals surface area contributed by atoms with Crippen LogP contribution in [0.25, 0.3) is 10.1 Å². The van der Waals surface area contributed by atoms with Gasteiger partial charge in [0.15, 0.2) is 0 Å². The van der Waals surface area contributed by atoms with Crippen LogP contribution in [0, 0.1) is 10.1 Å². The predicted molar refractivity (Wildman–Crippen MR) is 129 cm³/mol. The van der Waals surface area contributed by atoms with Crippen molar-refractivity contribution in [2.24, 2.45) is 0 Å². The third-order valence-electron chi connectivity index (χ3n) is 6.98. The second kappa shape index (κ2) is 9.00. The molecule has 2 aromatic carbocycles. The molecular weight excluding hydrogens is 422 g/mol. The first-order valence-electron chi connectivity index (χ1n) is 11.4. The minimum atomic E-state index is -0.486. The number of fused-ring (bicyclic) bond motifs is 2. The van der Waals surface area contributed by atoms with Crippen LogP contribution in [-0.4, -0.2) is 34.9 Å². The molecule has 2 saturated heterocycles. The van der Waals surface area contributed by atoms with Crippen LogP contribution >= 0.6 is 11.3 Å². The molecule has 0 spiro atoms. The predicted octanol–water partition coefficient (Wildman–Crippen LogP) is 6.18. The van der Waals surface area contributed by atoms with Gasteiger partial charge in [0.05, 0.1) is 4.92 Å². The number of anilines is 1. The number of non-ortho nitro benzene ring substituents is 1. The lowest BCUT2D eigenvalue weighted by Crippen LogP contribution is -2.38. The minimum Gasteiger partial charge on any atom is -0.322 e. The summed E-state index contributed by atoms with van der Waals surface area (Å²) in [6.07, 6.45) is 7.71. The van der Waals surface area contributed by atoms with Gasteiger partial charge in [-0.15, -0.1) is 11.3 Å². The first kappa shape index (κ1) is 21.1. The number of nitrogens with zero attached hydrogens (tertiary/aromatic N) is 2. The summed E-state index contributed by atoms with van der Waals surface area (Å²) in [5.41, 5.74) is 2.32. The highest BCUT2D eigenvalue weighted by Crippen LogP contribution is 2.40. The summed E-state index contributed by atoms with van der Waals surface area (Å²) in [5.74, 6) is 0.216. The van der Waals surface area contributed by atoms with Crippen molar-refractivity contribution in [3.63, 3.8) is 0 Å². The van der Waals surface area contributed by atoms with Gasteiger partial charge in [-0.05, 0) is 91.7 Å². The summed E-state index contributed by atoms with van der Waals surface area (Å²) in [5, 5.41) is 17.5. The third kappa shape index (κ3) is 4.27. The van der Waals surface area contributed by atoms with E-state index >= 15 is 0 Å². The standard InChI is InChI=1S/C25H27N3O3S/c29-25(18-4-3-6-21(14-18)28(30)31)26-19-8-10-24-22(15-19)23(16-32-24)17-7-9-20-5-1-2-12-27(20)13-11-17/h3-4,6,8,10,14-17,20H,1-2,5,7,9,11-13H2,(H,26,29). The SMILES string of the molecule is O=C(Nc1ccc2scc(C3CCC4CCCCN4CC3)c2c1)c1cccc([N+](=O)[O-])c1. The van der Waals surface area contributed by atoms with E-state index in [-0.39, 0.29) is 17.2 Å². The maximum absolute atomic E-state index is 12.7. The average Bonchev–Trinajstić information content (AvgIpc) is 3.10. The number of hydrogen-bond acceptors (Lipinski definition) is 5. The van der Waals surface area contributed by atoms with Crippen LogP contribution in [-0.2, 0) is 0 Å². The quantitative estimate of drug-likeness (QED) is 0.381. The van der Waals surface area contributed by atoms with Crippen molar-refractivity contribution in [3.8, 4) is 0 Å². The molecule has 0 bridgehead atoms. The number of thiophene rings is 1.